The molecule has 0 saturated carbocycles. The summed E-state index contributed by atoms with van der Waals surface area (Å²) in [4.78, 5) is 12.2. The summed E-state index contributed by atoms with van der Waals surface area (Å²) in [5, 5.41) is 3.97. The zero-order valence-corrected chi connectivity index (χ0v) is 16.3. The molecule has 0 radical (unpaired) electrons. The highest BCUT2D eigenvalue weighted by Crippen LogP contribution is 2.30. The maximum Gasteiger partial charge on any atom is 0.343 e. The number of rotatable bonds is 4. The van der Waals surface area contributed by atoms with Crippen molar-refractivity contribution in [3.63, 3.8) is 0 Å². The highest BCUT2D eigenvalue weighted by Gasteiger charge is 2.28. The summed E-state index contributed by atoms with van der Waals surface area (Å²) in [6.07, 6.45) is 0. The second kappa shape index (κ2) is 8.26. The van der Waals surface area contributed by atoms with Crippen LogP contribution in [0.3, 0.4) is 0 Å². The molecule has 1 heterocycles. The Morgan fingerprint density at radius 3 is 1.91 bits per heavy atom. The second-order valence-corrected chi connectivity index (χ2v) is 6.81. The number of carbonyl (C=O) groups excluding carboxylic acids is 1. The number of ether oxygens (including phenoxy) is 1. The molecule has 9 heteroatoms. The van der Waals surface area contributed by atoms with E-state index in [4.69, 9.17) is 4.52 Å². The van der Waals surface area contributed by atoms with Gasteiger partial charge in [0.2, 0.25) is 34.8 Å². The van der Waals surface area contributed by atoms with Crippen molar-refractivity contribution in [1.29, 1.82) is 0 Å². The van der Waals surface area contributed by atoms with Crippen LogP contribution in [-0.2, 0) is 0 Å². The molecule has 162 valence electrons. The molecule has 0 spiro atoms. The summed E-state index contributed by atoms with van der Waals surface area (Å²) in [6, 6.07) is 14.7. The average molecular weight is 445 g/mol. The number of benzene rings is 3. The lowest BCUT2D eigenvalue weighted by Gasteiger charge is -2.09. The van der Waals surface area contributed by atoms with Crippen molar-refractivity contribution in [3.05, 3.63) is 94.8 Å². The van der Waals surface area contributed by atoms with Crippen LogP contribution in [0.15, 0.2) is 59.1 Å². The molecule has 0 bridgehead atoms. The Hall–Kier alpha value is -4.01. The maximum atomic E-state index is 13.7. The largest absolute Gasteiger partial charge is 0.416 e. The lowest BCUT2D eigenvalue weighted by atomic mass is 10.1. The third-order valence-electron chi connectivity index (χ3n) is 4.63. The molecule has 32 heavy (non-hydrogen) atoms. The summed E-state index contributed by atoms with van der Waals surface area (Å²) in [5.74, 6) is -13.7. The second-order valence-electron chi connectivity index (χ2n) is 6.81. The van der Waals surface area contributed by atoms with E-state index in [2.05, 4.69) is 9.89 Å². The van der Waals surface area contributed by atoms with E-state index in [1.165, 1.54) is 24.3 Å². The number of hydrogen-bond donors (Lipinski definition) is 0. The van der Waals surface area contributed by atoms with Gasteiger partial charge in [-0.15, -0.1) is 0 Å². The minimum atomic E-state index is -2.35. The van der Waals surface area contributed by atoms with Gasteiger partial charge in [0.05, 0.1) is 5.56 Å². The first-order valence-corrected chi connectivity index (χ1v) is 9.14. The van der Waals surface area contributed by atoms with Crippen molar-refractivity contribution in [2.75, 3.05) is 0 Å². The molecule has 0 fully saturated rings. The van der Waals surface area contributed by atoms with Crippen molar-refractivity contribution >= 4 is 5.97 Å². The average Bonchev–Trinajstić information content (AvgIpc) is 3.30. The van der Waals surface area contributed by atoms with Gasteiger partial charge in [-0.2, -0.15) is 8.78 Å². The van der Waals surface area contributed by atoms with Crippen molar-refractivity contribution in [2.24, 2.45) is 0 Å². The van der Waals surface area contributed by atoms with Crippen molar-refractivity contribution in [2.45, 2.75) is 6.92 Å². The summed E-state index contributed by atoms with van der Waals surface area (Å²) in [6.45, 7) is 1.95. The van der Waals surface area contributed by atoms with Gasteiger partial charge in [-0.05, 0) is 19.1 Å². The molecule has 0 saturated heterocycles. The van der Waals surface area contributed by atoms with Crippen LogP contribution in [0.4, 0.5) is 22.0 Å². The monoisotopic (exact) mass is 445 g/mol. The highest BCUT2D eigenvalue weighted by atomic mass is 19.2. The molecule has 0 amide bonds. The number of esters is 1. The Bertz CT molecular complexity index is 1290. The van der Waals surface area contributed by atoms with Crippen LogP contribution in [0.2, 0.25) is 0 Å². The standard InChI is InChI=1S/C23H12F5NO3/c1-11-2-4-13(5-3-11)16-10-15(29-32-16)12-6-8-14(9-7-12)23(30)31-22-20(27)18(25)17(24)19(26)21(22)28/h2-10H,1H3. The van der Waals surface area contributed by atoms with Crippen molar-refractivity contribution < 1.29 is 36.0 Å². The minimum absolute atomic E-state index is 0.181. The van der Waals surface area contributed by atoms with Gasteiger partial charge in [0.1, 0.15) is 5.69 Å². The number of hydrogen-bond acceptors (Lipinski definition) is 4. The SMILES string of the molecule is Cc1ccc(-c2cc(-c3ccc(C(=O)Oc4c(F)c(F)c(F)c(F)c4F)cc3)no2)cc1. The van der Waals surface area contributed by atoms with Gasteiger partial charge in [0, 0.05) is 17.2 Å². The predicted octanol–water partition coefficient (Wildman–Crippen LogP) is 6.23. The number of aromatic nitrogens is 1. The maximum absolute atomic E-state index is 13.7. The number of nitrogens with zero attached hydrogens (tertiary/aromatic N) is 1. The molecule has 4 nitrogen and oxygen atoms in total. The van der Waals surface area contributed by atoms with Crippen LogP contribution in [-0.4, -0.2) is 11.1 Å². The van der Waals surface area contributed by atoms with E-state index in [0.717, 1.165) is 11.1 Å². The van der Waals surface area contributed by atoms with Crippen LogP contribution >= 0.6 is 0 Å². The van der Waals surface area contributed by atoms with Crippen molar-refractivity contribution in [1.82, 2.24) is 5.16 Å². The Morgan fingerprint density at radius 2 is 1.31 bits per heavy atom. The fourth-order valence-corrected chi connectivity index (χ4v) is 2.87. The first kappa shape index (κ1) is 21.2. The van der Waals surface area contributed by atoms with Gasteiger partial charge in [-0.25, -0.2) is 18.0 Å². The smallest absolute Gasteiger partial charge is 0.343 e. The highest BCUT2D eigenvalue weighted by molar-refractivity contribution is 5.91. The molecule has 0 aliphatic heterocycles. The van der Waals surface area contributed by atoms with Crippen LogP contribution in [0.5, 0.6) is 5.75 Å². The molecule has 0 N–H and O–H groups in total. The van der Waals surface area contributed by atoms with Gasteiger partial charge in [0.25, 0.3) is 0 Å². The van der Waals surface area contributed by atoms with Crippen LogP contribution in [0, 0.1) is 36.0 Å². The van der Waals surface area contributed by atoms with E-state index >= 15 is 0 Å². The number of carbonyl (C=O) groups is 1. The lowest BCUT2D eigenvalue weighted by Crippen LogP contribution is -2.13. The zero-order chi connectivity index (χ0) is 23.0. The molecule has 4 rings (SSSR count). The molecular formula is C23H12F5NO3. The molecule has 4 aromatic rings. The Labute approximate surface area is 177 Å². The van der Waals surface area contributed by atoms with Gasteiger partial charge in [-0.3, -0.25) is 0 Å². The van der Waals surface area contributed by atoms with Gasteiger partial charge < -0.3 is 9.26 Å². The van der Waals surface area contributed by atoms with Gasteiger partial charge in [0.15, 0.2) is 5.76 Å². The van der Waals surface area contributed by atoms with E-state index in [0.29, 0.717) is 17.0 Å². The van der Waals surface area contributed by atoms with E-state index in [-0.39, 0.29) is 5.56 Å². The van der Waals surface area contributed by atoms with E-state index < -0.39 is 40.8 Å². The third kappa shape index (κ3) is 3.84. The number of aryl methyl sites for hydroxylation is 1. The van der Waals surface area contributed by atoms with Crippen LogP contribution in [0.1, 0.15) is 15.9 Å². The van der Waals surface area contributed by atoms with Gasteiger partial charge in [-0.1, -0.05) is 47.1 Å². The molecule has 0 atom stereocenters. The van der Waals surface area contributed by atoms with E-state index in [1.54, 1.807) is 6.07 Å². The van der Waals surface area contributed by atoms with Crippen LogP contribution < -0.4 is 4.74 Å². The first-order chi connectivity index (χ1) is 15.3. The summed E-state index contributed by atoms with van der Waals surface area (Å²) >= 11 is 0. The normalized spacial score (nSPS) is 10.9. The minimum Gasteiger partial charge on any atom is -0.416 e. The Morgan fingerprint density at radius 1 is 0.781 bits per heavy atom. The lowest BCUT2D eigenvalue weighted by molar-refractivity contribution is 0.0716. The van der Waals surface area contributed by atoms with E-state index in [9.17, 15) is 26.7 Å². The molecule has 0 aliphatic carbocycles. The third-order valence-corrected chi connectivity index (χ3v) is 4.63. The topological polar surface area (TPSA) is 52.3 Å². The van der Waals surface area contributed by atoms with Crippen LogP contribution in [0.25, 0.3) is 22.6 Å². The fraction of sp³-hybridized carbons (Fsp3) is 0.0435. The Balaban J connectivity index is 1.55. The predicted molar refractivity (Wildman–Crippen MR) is 103 cm³/mol. The molecule has 3 aromatic carbocycles. The summed E-state index contributed by atoms with van der Waals surface area (Å²) in [7, 11) is 0. The fourth-order valence-electron chi connectivity index (χ4n) is 2.87. The quantitative estimate of drug-likeness (QED) is 0.123. The first-order valence-electron chi connectivity index (χ1n) is 9.14. The Kier molecular flexibility index (Phi) is 5.48. The molecule has 1 aromatic heterocycles. The van der Waals surface area contributed by atoms with E-state index in [1.807, 2.05) is 31.2 Å². The summed E-state index contributed by atoms with van der Waals surface area (Å²) < 4.78 is 76.8. The zero-order valence-electron chi connectivity index (χ0n) is 16.3. The molecule has 0 aliphatic rings. The summed E-state index contributed by atoms with van der Waals surface area (Å²) in [5.41, 5.74) is 2.74. The molecule has 0 unspecified atom stereocenters. The molecular weight excluding hydrogens is 433 g/mol. The number of halogens is 5. The van der Waals surface area contributed by atoms with Crippen molar-refractivity contribution in [3.8, 4) is 28.3 Å². The van der Waals surface area contributed by atoms with Gasteiger partial charge >= 0.3 is 5.97 Å².